The Balaban J connectivity index is 2.14. The first-order chi connectivity index (χ1) is 5.26. The van der Waals surface area contributed by atoms with E-state index in [-0.39, 0.29) is 5.79 Å². The highest BCUT2D eigenvalue weighted by molar-refractivity contribution is 4.87. The molecule has 0 aliphatic carbocycles. The predicted molar refractivity (Wildman–Crippen MR) is 42.3 cm³/mol. The third kappa shape index (κ3) is 1.09. The van der Waals surface area contributed by atoms with Crippen molar-refractivity contribution >= 4 is 0 Å². The van der Waals surface area contributed by atoms with E-state index in [4.69, 9.17) is 9.47 Å². The van der Waals surface area contributed by atoms with E-state index >= 15 is 0 Å². The van der Waals surface area contributed by atoms with Crippen LogP contribution in [0, 0.1) is 0 Å². The van der Waals surface area contributed by atoms with Crippen molar-refractivity contribution in [3.8, 4) is 0 Å². The maximum absolute atomic E-state index is 5.82. The molecule has 64 valence electrons. The van der Waals surface area contributed by atoms with E-state index in [1.165, 1.54) is 12.8 Å². The fourth-order valence-corrected chi connectivity index (χ4v) is 2.14. The molecule has 0 aromatic heterocycles. The van der Waals surface area contributed by atoms with Crippen LogP contribution in [-0.4, -0.2) is 18.0 Å². The summed E-state index contributed by atoms with van der Waals surface area (Å²) >= 11 is 0. The fraction of sp³-hybridized carbons (Fsp3) is 1.00. The SMILES string of the molecule is CCC12CCC[C@@H](O1)[C@@H](C)O2. The van der Waals surface area contributed by atoms with Crippen molar-refractivity contribution in [3.05, 3.63) is 0 Å². The maximum Gasteiger partial charge on any atom is 0.169 e. The molecular weight excluding hydrogens is 140 g/mol. The zero-order valence-corrected chi connectivity index (χ0v) is 7.30. The van der Waals surface area contributed by atoms with Gasteiger partial charge in [-0.3, -0.25) is 0 Å². The van der Waals surface area contributed by atoms with E-state index < -0.39 is 0 Å². The van der Waals surface area contributed by atoms with Crippen LogP contribution in [-0.2, 0) is 9.47 Å². The van der Waals surface area contributed by atoms with Crippen LogP contribution in [0.5, 0.6) is 0 Å². The summed E-state index contributed by atoms with van der Waals surface area (Å²) in [5.41, 5.74) is 0. The third-order valence-corrected chi connectivity index (χ3v) is 2.88. The van der Waals surface area contributed by atoms with Gasteiger partial charge in [0.1, 0.15) is 0 Å². The summed E-state index contributed by atoms with van der Waals surface area (Å²) in [6.45, 7) is 4.26. The van der Waals surface area contributed by atoms with Gasteiger partial charge in [-0.15, -0.1) is 0 Å². The molecule has 2 rings (SSSR count). The van der Waals surface area contributed by atoms with Crippen LogP contribution >= 0.6 is 0 Å². The molecule has 2 aliphatic heterocycles. The molecule has 2 bridgehead atoms. The number of ether oxygens (including phenoxy) is 2. The maximum atomic E-state index is 5.82. The largest absolute Gasteiger partial charge is 0.344 e. The van der Waals surface area contributed by atoms with Gasteiger partial charge in [0.05, 0.1) is 12.2 Å². The Hall–Kier alpha value is -0.0800. The molecule has 0 aromatic carbocycles. The summed E-state index contributed by atoms with van der Waals surface area (Å²) in [6.07, 6.45) is 5.23. The van der Waals surface area contributed by atoms with Crippen molar-refractivity contribution in [3.63, 3.8) is 0 Å². The van der Waals surface area contributed by atoms with Crippen molar-refractivity contribution in [2.24, 2.45) is 0 Å². The van der Waals surface area contributed by atoms with Crippen LogP contribution in [0.1, 0.15) is 39.5 Å². The molecule has 11 heavy (non-hydrogen) atoms. The van der Waals surface area contributed by atoms with E-state index in [1.807, 2.05) is 0 Å². The molecule has 2 heterocycles. The molecule has 0 amide bonds. The fourth-order valence-electron chi connectivity index (χ4n) is 2.14. The molecule has 0 N–H and O–H groups in total. The van der Waals surface area contributed by atoms with Gasteiger partial charge in [-0.25, -0.2) is 0 Å². The molecule has 0 aromatic rings. The number of fused-ring (bicyclic) bond motifs is 2. The van der Waals surface area contributed by atoms with E-state index in [0.717, 1.165) is 12.8 Å². The normalized spacial score (nSPS) is 49.6. The predicted octanol–water partition coefficient (Wildman–Crippen LogP) is 2.08. The van der Waals surface area contributed by atoms with Gasteiger partial charge in [0, 0.05) is 6.42 Å². The van der Waals surface area contributed by atoms with Gasteiger partial charge < -0.3 is 9.47 Å². The number of hydrogen-bond acceptors (Lipinski definition) is 2. The Morgan fingerprint density at radius 1 is 1.45 bits per heavy atom. The Labute approximate surface area is 67.9 Å². The molecule has 0 spiro atoms. The van der Waals surface area contributed by atoms with Gasteiger partial charge in [-0.2, -0.15) is 0 Å². The highest BCUT2D eigenvalue weighted by Crippen LogP contribution is 2.41. The average Bonchev–Trinajstić information content (AvgIpc) is 2.25. The summed E-state index contributed by atoms with van der Waals surface area (Å²) in [5, 5.41) is 0. The summed E-state index contributed by atoms with van der Waals surface area (Å²) in [4.78, 5) is 0. The monoisotopic (exact) mass is 156 g/mol. The van der Waals surface area contributed by atoms with Crippen molar-refractivity contribution < 1.29 is 9.47 Å². The van der Waals surface area contributed by atoms with Gasteiger partial charge in [0.15, 0.2) is 5.79 Å². The molecular formula is C9H16O2. The first-order valence-electron chi connectivity index (χ1n) is 4.61. The second kappa shape index (κ2) is 2.46. The molecule has 2 saturated heterocycles. The number of rotatable bonds is 1. The summed E-state index contributed by atoms with van der Waals surface area (Å²) in [5.74, 6) is -0.192. The van der Waals surface area contributed by atoms with E-state index in [2.05, 4.69) is 13.8 Å². The Morgan fingerprint density at radius 3 is 2.91 bits per heavy atom. The quantitative estimate of drug-likeness (QED) is 0.578. The average molecular weight is 156 g/mol. The molecule has 0 saturated carbocycles. The molecule has 0 radical (unpaired) electrons. The number of hydrogen-bond donors (Lipinski definition) is 0. The molecule has 2 aliphatic rings. The third-order valence-electron chi connectivity index (χ3n) is 2.88. The second-order valence-corrected chi connectivity index (χ2v) is 3.64. The standard InChI is InChI=1S/C9H16O2/c1-3-9-6-4-5-8(11-9)7(2)10-9/h7-8H,3-6H2,1-2H3/t7-,8-,9?/m1/s1. The minimum absolute atomic E-state index is 0.192. The van der Waals surface area contributed by atoms with E-state index in [0.29, 0.717) is 12.2 Å². The first-order valence-corrected chi connectivity index (χ1v) is 4.61. The van der Waals surface area contributed by atoms with Crippen LogP contribution < -0.4 is 0 Å². The zero-order valence-electron chi connectivity index (χ0n) is 7.30. The Kier molecular flexibility index (Phi) is 1.69. The second-order valence-electron chi connectivity index (χ2n) is 3.64. The van der Waals surface area contributed by atoms with Crippen molar-refractivity contribution in [2.75, 3.05) is 0 Å². The molecule has 1 unspecified atom stereocenters. The highest BCUT2D eigenvalue weighted by Gasteiger charge is 2.46. The molecule has 2 fully saturated rings. The van der Waals surface area contributed by atoms with Crippen molar-refractivity contribution in [1.29, 1.82) is 0 Å². The van der Waals surface area contributed by atoms with Crippen LogP contribution in [0.3, 0.4) is 0 Å². The Bertz CT molecular complexity index is 154. The van der Waals surface area contributed by atoms with Crippen molar-refractivity contribution in [1.82, 2.24) is 0 Å². The van der Waals surface area contributed by atoms with Gasteiger partial charge in [-0.1, -0.05) is 6.92 Å². The van der Waals surface area contributed by atoms with Gasteiger partial charge >= 0.3 is 0 Å². The van der Waals surface area contributed by atoms with Crippen LogP contribution in [0.25, 0.3) is 0 Å². The summed E-state index contributed by atoms with van der Waals surface area (Å²) in [6, 6.07) is 0. The summed E-state index contributed by atoms with van der Waals surface area (Å²) in [7, 11) is 0. The first kappa shape index (κ1) is 7.56. The van der Waals surface area contributed by atoms with Crippen LogP contribution in [0.15, 0.2) is 0 Å². The lowest BCUT2D eigenvalue weighted by atomic mass is 10.0. The molecule has 2 nitrogen and oxygen atoms in total. The lowest BCUT2D eigenvalue weighted by Gasteiger charge is -2.30. The minimum Gasteiger partial charge on any atom is -0.344 e. The topological polar surface area (TPSA) is 18.5 Å². The summed E-state index contributed by atoms with van der Waals surface area (Å²) < 4.78 is 11.6. The minimum atomic E-state index is -0.192. The van der Waals surface area contributed by atoms with E-state index in [1.54, 1.807) is 0 Å². The Morgan fingerprint density at radius 2 is 2.27 bits per heavy atom. The zero-order chi connectivity index (χ0) is 7.90. The van der Waals surface area contributed by atoms with E-state index in [9.17, 15) is 0 Å². The van der Waals surface area contributed by atoms with Gasteiger partial charge in [-0.05, 0) is 26.2 Å². The van der Waals surface area contributed by atoms with Gasteiger partial charge in [0.25, 0.3) is 0 Å². The molecule has 2 heteroatoms. The van der Waals surface area contributed by atoms with Gasteiger partial charge in [0.2, 0.25) is 0 Å². The van der Waals surface area contributed by atoms with Crippen molar-refractivity contribution in [2.45, 2.75) is 57.5 Å². The van der Waals surface area contributed by atoms with Crippen LogP contribution in [0.2, 0.25) is 0 Å². The highest BCUT2D eigenvalue weighted by atomic mass is 16.8. The lowest BCUT2D eigenvalue weighted by molar-refractivity contribution is -0.193. The molecule has 3 atom stereocenters. The van der Waals surface area contributed by atoms with Crippen LogP contribution in [0.4, 0.5) is 0 Å². The smallest absolute Gasteiger partial charge is 0.169 e. The lowest BCUT2D eigenvalue weighted by Crippen LogP contribution is -2.33.